The van der Waals surface area contributed by atoms with Gasteiger partial charge in [-0.25, -0.2) is 4.79 Å². The zero-order valence-corrected chi connectivity index (χ0v) is 17.7. The minimum absolute atomic E-state index is 0.110. The number of amides is 2. The lowest BCUT2D eigenvalue weighted by Crippen LogP contribution is -2.37. The fraction of sp³-hybridized carbons (Fsp3) is 0.148. The minimum atomic E-state index is -0.199. The van der Waals surface area contributed by atoms with Crippen LogP contribution < -0.4 is 5.32 Å². The molecule has 1 aliphatic rings. The lowest BCUT2D eigenvalue weighted by molar-refractivity contribution is 0.194. The number of carbonyl (C=O) groups excluding carboxylic acids is 1. The molecule has 31 heavy (non-hydrogen) atoms. The summed E-state index contributed by atoms with van der Waals surface area (Å²) in [4.78, 5) is 15.6. The third kappa shape index (κ3) is 3.50. The molecule has 2 heterocycles. The van der Waals surface area contributed by atoms with Gasteiger partial charge in [-0.3, -0.25) is 0 Å². The zero-order chi connectivity index (χ0) is 21.4. The highest BCUT2D eigenvalue weighted by Gasteiger charge is 2.32. The van der Waals surface area contributed by atoms with E-state index in [1.54, 1.807) is 0 Å². The number of aryl methyl sites for hydroxylation is 2. The second-order valence-corrected chi connectivity index (χ2v) is 8.10. The van der Waals surface area contributed by atoms with Crippen LogP contribution in [0.25, 0.3) is 5.69 Å². The molecular weight excluding hydrogens is 382 g/mol. The molecule has 2 amide bonds. The number of carbonyl (C=O) groups is 1. The van der Waals surface area contributed by atoms with Gasteiger partial charge in [0.2, 0.25) is 0 Å². The quantitative estimate of drug-likeness (QED) is 0.420. The van der Waals surface area contributed by atoms with Gasteiger partial charge in [0.05, 0.1) is 18.3 Å². The lowest BCUT2D eigenvalue weighted by atomic mass is 10.0. The summed E-state index contributed by atoms with van der Waals surface area (Å²) in [6.45, 7) is 4.66. The Hall–Kier alpha value is -3.79. The summed E-state index contributed by atoms with van der Waals surface area (Å²) in [6.07, 6.45) is 2.08. The number of nitrogens with one attached hydrogen (secondary N) is 1. The van der Waals surface area contributed by atoms with Gasteiger partial charge in [0, 0.05) is 17.6 Å². The third-order valence-corrected chi connectivity index (χ3v) is 6.10. The van der Waals surface area contributed by atoms with Gasteiger partial charge in [0.25, 0.3) is 0 Å². The molecule has 0 aliphatic carbocycles. The largest absolute Gasteiger partial charge is 0.322 e. The van der Waals surface area contributed by atoms with Crippen LogP contribution in [0.1, 0.15) is 34.0 Å². The Bertz CT molecular complexity index is 1240. The topological polar surface area (TPSA) is 37.3 Å². The van der Waals surface area contributed by atoms with E-state index >= 15 is 0 Å². The van der Waals surface area contributed by atoms with Gasteiger partial charge in [0.1, 0.15) is 0 Å². The molecule has 1 atom stereocenters. The van der Waals surface area contributed by atoms with Crippen molar-refractivity contribution in [1.29, 1.82) is 0 Å². The predicted octanol–water partition coefficient (Wildman–Crippen LogP) is 6.23. The summed E-state index contributed by atoms with van der Waals surface area (Å²) in [6, 6.07) is 28.4. The van der Waals surface area contributed by atoms with Crippen molar-refractivity contribution in [2.75, 3.05) is 5.32 Å². The Morgan fingerprint density at radius 3 is 2.45 bits per heavy atom. The van der Waals surface area contributed by atoms with E-state index in [2.05, 4.69) is 60.3 Å². The van der Waals surface area contributed by atoms with Gasteiger partial charge in [0.15, 0.2) is 0 Å². The van der Waals surface area contributed by atoms with E-state index in [1.165, 1.54) is 5.56 Å². The van der Waals surface area contributed by atoms with Crippen molar-refractivity contribution >= 4 is 11.7 Å². The molecule has 4 nitrogen and oxygen atoms in total. The number of hydrogen-bond donors (Lipinski definition) is 1. The molecular formula is C27H25N3O. The van der Waals surface area contributed by atoms with Crippen LogP contribution in [-0.2, 0) is 6.54 Å². The number of aromatic nitrogens is 1. The Morgan fingerprint density at radius 2 is 1.65 bits per heavy atom. The summed E-state index contributed by atoms with van der Waals surface area (Å²) in [5.41, 5.74) is 7.58. The van der Waals surface area contributed by atoms with Crippen LogP contribution in [0.4, 0.5) is 10.5 Å². The third-order valence-electron chi connectivity index (χ3n) is 6.10. The van der Waals surface area contributed by atoms with Gasteiger partial charge in [-0.1, -0.05) is 54.6 Å². The Labute approximate surface area is 182 Å². The molecule has 3 aromatic carbocycles. The van der Waals surface area contributed by atoms with Crippen molar-refractivity contribution in [3.05, 3.63) is 119 Å². The fourth-order valence-corrected chi connectivity index (χ4v) is 4.34. The number of hydrogen-bond acceptors (Lipinski definition) is 1. The first-order valence-corrected chi connectivity index (χ1v) is 10.6. The number of nitrogens with zero attached hydrogens (tertiary/aromatic N) is 2. The molecule has 0 radical (unpaired) electrons. The minimum Gasteiger partial charge on any atom is -0.318 e. The SMILES string of the molecule is Cc1ccc(NC(=O)N2Cc3ccccc3-n3cccc3[C@H]2c2ccccc2)cc1C. The number of benzene rings is 3. The Kier molecular flexibility index (Phi) is 4.83. The first-order valence-electron chi connectivity index (χ1n) is 10.6. The molecule has 1 aromatic heterocycles. The highest BCUT2D eigenvalue weighted by molar-refractivity contribution is 5.90. The standard InChI is InChI=1S/C27H25N3O/c1-19-14-15-23(17-20(19)2)28-27(31)30-18-22-11-6-7-12-24(22)29-16-8-13-25(29)26(30)21-9-4-3-5-10-21/h3-17,26H,18H2,1-2H3,(H,28,31)/t26-/m1/s1. The van der Waals surface area contributed by atoms with E-state index in [-0.39, 0.29) is 12.1 Å². The maximum Gasteiger partial charge on any atom is 0.322 e. The van der Waals surface area contributed by atoms with Gasteiger partial charge in [-0.15, -0.1) is 0 Å². The van der Waals surface area contributed by atoms with Gasteiger partial charge in [-0.05, 0) is 66.4 Å². The summed E-state index contributed by atoms with van der Waals surface area (Å²) in [5, 5.41) is 3.14. The van der Waals surface area contributed by atoms with Crippen molar-refractivity contribution in [2.45, 2.75) is 26.4 Å². The van der Waals surface area contributed by atoms with Crippen LogP contribution in [0.5, 0.6) is 0 Å². The normalized spacial score (nSPS) is 15.0. The molecule has 4 aromatic rings. The first-order chi connectivity index (χ1) is 15.1. The van der Waals surface area contributed by atoms with Gasteiger partial charge in [-0.2, -0.15) is 0 Å². The smallest absolute Gasteiger partial charge is 0.318 e. The van der Waals surface area contributed by atoms with Crippen LogP contribution >= 0.6 is 0 Å². The van der Waals surface area contributed by atoms with Crippen LogP contribution in [0.3, 0.4) is 0 Å². The van der Waals surface area contributed by atoms with Crippen molar-refractivity contribution in [3.63, 3.8) is 0 Å². The maximum atomic E-state index is 13.6. The monoisotopic (exact) mass is 407 g/mol. The van der Waals surface area contributed by atoms with Crippen LogP contribution in [-0.4, -0.2) is 15.5 Å². The Morgan fingerprint density at radius 1 is 0.871 bits per heavy atom. The zero-order valence-electron chi connectivity index (χ0n) is 17.7. The summed E-state index contributed by atoms with van der Waals surface area (Å²) in [7, 11) is 0. The van der Waals surface area contributed by atoms with E-state index in [1.807, 2.05) is 59.5 Å². The molecule has 0 bridgehead atoms. The molecule has 1 N–H and O–H groups in total. The molecule has 5 rings (SSSR count). The molecule has 0 spiro atoms. The highest BCUT2D eigenvalue weighted by Crippen LogP contribution is 2.36. The number of para-hydroxylation sites is 1. The second-order valence-electron chi connectivity index (χ2n) is 8.10. The van der Waals surface area contributed by atoms with Gasteiger partial charge < -0.3 is 14.8 Å². The van der Waals surface area contributed by atoms with Crippen molar-refractivity contribution in [2.24, 2.45) is 0 Å². The molecule has 0 saturated heterocycles. The number of fused-ring (bicyclic) bond motifs is 3. The number of anilines is 1. The fourth-order valence-electron chi connectivity index (χ4n) is 4.34. The van der Waals surface area contributed by atoms with Crippen molar-refractivity contribution in [1.82, 2.24) is 9.47 Å². The van der Waals surface area contributed by atoms with E-state index in [9.17, 15) is 4.79 Å². The maximum absolute atomic E-state index is 13.6. The molecule has 0 fully saturated rings. The second kappa shape index (κ2) is 7.80. The molecule has 154 valence electrons. The highest BCUT2D eigenvalue weighted by atomic mass is 16.2. The van der Waals surface area contributed by atoms with E-state index < -0.39 is 0 Å². The summed E-state index contributed by atoms with van der Waals surface area (Å²) < 4.78 is 2.20. The van der Waals surface area contributed by atoms with Gasteiger partial charge >= 0.3 is 6.03 Å². The number of rotatable bonds is 2. The molecule has 1 aliphatic heterocycles. The first kappa shape index (κ1) is 19.2. The molecule has 0 unspecified atom stereocenters. The Balaban J connectivity index is 1.61. The average molecular weight is 408 g/mol. The van der Waals surface area contributed by atoms with E-state index in [4.69, 9.17) is 0 Å². The predicted molar refractivity (Wildman–Crippen MR) is 125 cm³/mol. The lowest BCUT2D eigenvalue weighted by Gasteiger charge is -2.31. The molecule has 0 saturated carbocycles. The van der Waals surface area contributed by atoms with E-state index in [0.717, 1.165) is 33.8 Å². The van der Waals surface area contributed by atoms with E-state index in [0.29, 0.717) is 6.54 Å². The van der Waals surface area contributed by atoms with Crippen LogP contribution in [0.15, 0.2) is 91.1 Å². The van der Waals surface area contributed by atoms with Crippen LogP contribution in [0.2, 0.25) is 0 Å². The van der Waals surface area contributed by atoms with Crippen molar-refractivity contribution < 1.29 is 4.79 Å². The van der Waals surface area contributed by atoms with Crippen LogP contribution in [0, 0.1) is 13.8 Å². The average Bonchev–Trinajstić information content (AvgIpc) is 3.21. The summed E-state index contributed by atoms with van der Waals surface area (Å²) in [5.74, 6) is 0. The summed E-state index contributed by atoms with van der Waals surface area (Å²) >= 11 is 0. The van der Waals surface area contributed by atoms with Crippen molar-refractivity contribution in [3.8, 4) is 5.69 Å². The number of urea groups is 1. The molecule has 4 heteroatoms.